The van der Waals surface area contributed by atoms with Gasteiger partial charge in [0.05, 0.1) is 5.56 Å². The lowest BCUT2D eigenvalue weighted by Gasteiger charge is -2.50. The maximum absolute atomic E-state index is 15.5. The summed E-state index contributed by atoms with van der Waals surface area (Å²) >= 11 is 6.25. The van der Waals surface area contributed by atoms with Crippen LogP contribution in [-0.4, -0.2) is 40.5 Å². The van der Waals surface area contributed by atoms with Crippen molar-refractivity contribution in [3.05, 3.63) is 130 Å². The molecule has 4 aromatic rings. The minimum atomic E-state index is -2.57. The first kappa shape index (κ1) is 32.4. The minimum absolute atomic E-state index is 0.155. The number of aryl methyl sites for hydroxylation is 1. The molecule has 4 aromatic carbocycles. The van der Waals surface area contributed by atoms with Crippen LogP contribution in [0, 0.1) is 12.3 Å². The molecule has 1 saturated heterocycles. The van der Waals surface area contributed by atoms with Gasteiger partial charge in [-0.1, -0.05) is 83.9 Å². The number of fused-ring (bicyclic) bond motifs is 1. The molecule has 2 heterocycles. The van der Waals surface area contributed by atoms with Crippen LogP contribution in [0.15, 0.2) is 103 Å². The number of amides is 2. The molecule has 9 heteroatoms. The standard InChI is InChI=1S/C38H38ClN3O5/c1-23-16-21-30-29(22-23)32(43)37(34(47-30)40-24(2)25-12-8-6-9-13-25)31(33(44)41-36(3,4)5)42(28-19-17-27(39)18-20-28)35(45)38(37,46)26-14-10-7-11-15-26/h6-22,24,31,34,40,46H,1-5H3,(H,41,44)/t24-,31+,34-,37-,38+/m0/s1. The summed E-state index contributed by atoms with van der Waals surface area (Å²) in [5.41, 5.74) is -3.29. The van der Waals surface area contributed by atoms with Crippen molar-refractivity contribution in [2.75, 3.05) is 4.90 Å². The Balaban J connectivity index is 1.70. The Morgan fingerprint density at radius 1 is 0.936 bits per heavy atom. The number of rotatable bonds is 6. The van der Waals surface area contributed by atoms with Crippen LogP contribution >= 0.6 is 11.6 Å². The second kappa shape index (κ2) is 11.9. The average molecular weight is 652 g/mol. The highest BCUT2D eigenvalue weighted by molar-refractivity contribution is 6.30. The number of hydrogen-bond donors (Lipinski definition) is 3. The number of nitrogens with zero attached hydrogens (tertiary/aromatic N) is 1. The molecular formula is C38H38ClN3O5. The molecular weight excluding hydrogens is 614 g/mol. The summed E-state index contributed by atoms with van der Waals surface area (Å²) in [4.78, 5) is 46.7. The molecule has 6 rings (SSSR count). The largest absolute Gasteiger partial charge is 0.473 e. The van der Waals surface area contributed by atoms with E-state index in [4.69, 9.17) is 16.3 Å². The van der Waals surface area contributed by atoms with E-state index >= 15 is 9.59 Å². The Kier molecular flexibility index (Phi) is 8.24. The lowest BCUT2D eigenvalue weighted by atomic mass is 9.60. The van der Waals surface area contributed by atoms with Crippen LogP contribution in [0.25, 0.3) is 0 Å². The van der Waals surface area contributed by atoms with Gasteiger partial charge in [-0.05, 0) is 82.1 Å². The van der Waals surface area contributed by atoms with Gasteiger partial charge in [-0.25, -0.2) is 0 Å². The Morgan fingerprint density at radius 2 is 1.55 bits per heavy atom. The summed E-state index contributed by atoms with van der Waals surface area (Å²) in [6.07, 6.45) is -1.36. The van der Waals surface area contributed by atoms with E-state index in [1.807, 2.05) is 71.0 Å². The number of hydrogen-bond acceptors (Lipinski definition) is 6. The maximum atomic E-state index is 15.5. The van der Waals surface area contributed by atoms with Gasteiger partial charge in [0.2, 0.25) is 5.91 Å². The van der Waals surface area contributed by atoms with Gasteiger partial charge >= 0.3 is 0 Å². The zero-order chi connectivity index (χ0) is 33.7. The van der Waals surface area contributed by atoms with Crippen molar-refractivity contribution in [2.45, 2.75) is 64.1 Å². The highest BCUT2D eigenvalue weighted by Gasteiger charge is 2.80. The number of aliphatic hydroxyl groups is 1. The van der Waals surface area contributed by atoms with Crippen LogP contribution in [0.5, 0.6) is 5.75 Å². The van der Waals surface area contributed by atoms with E-state index in [0.717, 1.165) is 11.1 Å². The summed E-state index contributed by atoms with van der Waals surface area (Å²) in [7, 11) is 0. The normalized spacial score (nSPS) is 24.5. The van der Waals surface area contributed by atoms with Crippen molar-refractivity contribution in [3.8, 4) is 5.75 Å². The molecule has 242 valence electrons. The number of benzene rings is 4. The molecule has 0 bridgehead atoms. The van der Waals surface area contributed by atoms with Crippen molar-refractivity contribution in [2.24, 2.45) is 5.41 Å². The Labute approximate surface area is 279 Å². The fourth-order valence-electron chi connectivity index (χ4n) is 6.88. The summed E-state index contributed by atoms with van der Waals surface area (Å²) in [5, 5.41) is 20.2. The van der Waals surface area contributed by atoms with Crippen LogP contribution in [0.3, 0.4) is 0 Å². The van der Waals surface area contributed by atoms with Crippen LogP contribution in [0.4, 0.5) is 5.69 Å². The van der Waals surface area contributed by atoms with Crippen LogP contribution in [0.1, 0.15) is 60.8 Å². The molecule has 2 amide bonds. The quantitative estimate of drug-likeness (QED) is 0.232. The molecule has 47 heavy (non-hydrogen) atoms. The monoisotopic (exact) mass is 651 g/mol. The minimum Gasteiger partial charge on any atom is -0.473 e. The fourth-order valence-corrected chi connectivity index (χ4v) is 7.01. The van der Waals surface area contributed by atoms with Crippen molar-refractivity contribution in [1.29, 1.82) is 0 Å². The number of halogens is 1. The van der Waals surface area contributed by atoms with Crippen LogP contribution in [0.2, 0.25) is 5.02 Å². The molecule has 0 radical (unpaired) electrons. The zero-order valence-corrected chi connectivity index (χ0v) is 27.7. The fraction of sp³-hybridized carbons (Fsp3) is 0.289. The van der Waals surface area contributed by atoms with Gasteiger partial charge in [0.1, 0.15) is 11.8 Å². The number of ketones is 1. The summed E-state index contributed by atoms with van der Waals surface area (Å²) in [5.74, 6) is -1.77. The number of anilines is 1. The van der Waals surface area contributed by atoms with Crippen molar-refractivity contribution in [1.82, 2.24) is 10.6 Å². The summed E-state index contributed by atoms with van der Waals surface area (Å²) < 4.78 is 6.69. The third kappa shape index (κ3) is 5.30. The van der Waals surface area contributed by atoms with Crippen LogP contribution < -0.4 is 20.3 Å². The van der Waals surface area contributed by atoms with Crippen molar-refractivity contribution < 1.29 is 24.2 Å². The highest BCUT2D eigenvalue weighted by Crippen LogP contribution is 2.59. The van der Waals surface area contributed by atoms with Gasteiger partial charge < -0.3 is 15.2 Å². The van der Waals surface area contributed by atoms with E-state index in [1.165, 1.54) is 4.90 Å². The van der Waals surface area contributed by atoms with Crippen LogP contribution in [-0.2, 0) is 15.2 Å². The molecule has 0 saturated carbocycles. The molecule has 1 spiro atoms. The van der Waals surface area contributed by atoms with E-state index in [9.17, 15) is 9.90 Å². The predicted octanol–water partition coefficient (Wildman–Crippen LogP) is 6.10. The molecule has 0 aromatic heterocycles. The third-order valence-corrected chi connectivity index (χ3v) is 9.23. The first-order valence-electron chi connectivity index (χ1n) is 15.6. The highest BCUT2D eigenvalue weighted by atomic mass is 35.5. The van der Waals surface area contributed by atoms with E-state index in [0.29, 0.717) is 5.02 Å². The van der Waals surface area contributed by atoms with Crippen molar-refractivity contribution in [3.63, 3.8) is 0 Å². The summed E-state index contributed by atoms with van der Waals surface area (Å²) in [6, 6.07) is 27.5. The SMILES string of the molecule is Cc1ccc2c(c1)C(=O)[C@]1([C@@H](N[C@@H](C)c3ccccc3)O2)[C@@H](C(=O)NC(C)(C)C)N(c2ccc(Cl)cc2)C(=O)[C@]1(O)c1ccccc1. The van der Waals surface area contributed by atoms with E-state index in [2.05, 4.69) is 10.6 Å². The third-order valence-electron chi connectivity index (χ3n) is 8.97. The number of carbonyl (C=O) groups excluding carboxylic acids is 3. The maximum Gasteiger partial charge on any atom is 0.265 e. The Bertz CT molecular complexity index is 1830. The van der Waals surface area contributed by atoms with E-state index < -0.39 is 52.5 Å². The van der Waals surface area contributed by atoms with Gasteiger partial charge in [-0.2, -0.15) is 0 Å². The van der Waals surface area contributed by atoms with E-state index in [1.54, 1.807) is 66.7 Å². The van der Waals surface area contributed by atoms with Gasteiger partial charge in [-0.3, -0.25) is 24.6 Å². The first-order chi connectivity index (χ1) is 22.3. The molecule has 3 N–H and O–H groups in total. The molecule has 8 nitrogen and oxygen atoms in total. The van der Waals surface area contributed by atoms with Gasteiger partial charge in [0.15, 0.2) is 23.0 Å². The van der Waals surface area contributed by atoms with Gasteiger partial charge in [-0.15, -0.1) is 0 Å². The number of Topliss-reactive ketones (excluding diaryl/α,β-unsaturated/α-hetero) is 1. The predicted molar refractivity (Wildman–Crippen MR) is 181 cm³/mol. The second-order valence-electron chi connectivity index (χ2n) is 13.4. The van der Waals surface area contributed by atoms with E-state index in [-0.39, 0.29) is 22.6 Å². The van der Waals surface area contributed by atoms with Gasteiger partial charge in [0.25, 0.3) is 5.91 Å². The number of nitrogens with one attached hydrogen (secondary N) is 2. The smallest absolute Gasteiger partial charge is 0.265 e. The first-order valence-corrected chi connectivity index (χ1v) is 16.0. The lowest BCUT2D eigenvalue weighted by molar-refractivity contribution is -0.157. The lowest BCUT2D eigenvalue weighted by Crippen LogP contribution is -2.71. The topological polar surface area (TPSA) is 108 Å². The Hall–Kier alpha value is -4.50. The molecule has 0 unspecified atom stereocenters. The molecule has 0 aliphatic carbocycles. The molecule has 2 aliphatic heterocycles. The Morgan fingerprint density at radius 3 is 2.17 bits per heavy atom. The number of carbonyl (C=O) groups is 3. The molecule has 5 atom stereocenters. The molecule has 2 aliphatic rings. The van der Waals surface area contributed by atoms with Crippen molar-refractivity contribution >= 4 is 34.9 Å². The summed E-state index contributed by atoms with van der Waals surface area (Å²) in [6.45, 7) is 9.19. The average Bonchev–Trinajstić information content (AvgIpc) is 3.25. The second-order valence-corrected chi connectivity index (χ2v) is 13.8. The zero-order valence-electron chi connectivity index (χ0n) is 27.0. The van der Waals surface area contributed by atoms with Gasteiger partial charge in [0, 0.05) is 22.3 Å². The number of ether oxygens (including phenoxy) is 1. The molecule has 1 fully saturated rings.